The first-order valence-electron chi connectivity index (χ1n) is 9.25. The first kappa shape index (κ1) is 23.5. The fraction of sp³-hybridized carbons (Fsp3) is 0.409. The van der Waals surface area contributed by atoms with E-state index in [4.69, 9.17) is 0 Å². The highest BCUT2D eigenvalue weighted by molar-refractivity contribution is 5.67. The Labute approximate surface area is 157 Å². The molecule has 0 aromatic heterocycles. The van der Waals surface area contributed by atoms with E-state index in [1.807, 2.05) is 12.2 Å². The molecule has 0 radical (unpaired) electrons. The van der Waals surface area contributed by atoms with Gasteiger partial charge in [-0.2, -0.15) is 0 Å². The smallest absolute Gasteiger partial charge is 0.256 e. The van der Waals surface area contributed by atoms with Crippen LogP contribution in [0.15, 0.2) is 72.9 Å². The van der Waals surface area contributed by atoms with Crippen molar-refractivity contribution in [2.24, 2.45) is 0 Å². The van der Waals surface area contributed by atoms with Crippen LogP contribution in [0.4, 0.5) is 0 Å². The molecule has 0 spiro atoms. The lowest BCUT2D eigenvalue weighted by atomic mass is 10.2. The van der Waals surface area contributed by atoms with Gasteiger partial charge in [0, 0.05) is 0 Å². The van der Waals surface area contributed by atoms with Gasteiger partial charge in [-0.25, -0.2) is 4.79 Å². The lowest BCUT2D eigenvalue weighted by Crippen LogP contribution is -2.09. The highest BCUT2D eigenvalue weighted by Gasteiger charge is 2.11. The number of carbonyl (C=O) groups excluding carboxylic acids is 1. The maximum atomic E-state index is 10.8. The molecule has 0 N–H and O–H groups in total. The maximum Gasteiger partial charge on any atom is 0.444 e. The van der Waals surface area contributed by atoms with Crippen LogP contribution in [0, 0.1) is 10.1 Å². The average Bonchev–Trinajstić information content (AvgIpc) is 2.63. The predicted molar refractivity (Wildman–Crippen MR) is 109 cm³/mol. The second-order valence-electron chi connectivity index (χ2n) is 5.60. The molecule has 142 valence electrons. The van der Waals surface area contributed by atoms with E-state index < -0.39 is 10.8 Å². The van der Waals surface area contributed by atoms with Crippen molar-refractivity contribution in [2.45, 2.75) is 58.3 Å². The summed E-state index contributed by atoms with van der Waals surface area (Å²) in [6.07, 6.45) is 31.3. The molecule has 0 heterocycles. The second-order valence-corrected chi connectivity index (χ2v) is 5.60. The summed E-state index contributed by atoms with van der Waals surface area (Å²) in [7, 11) is 0. The summed E-state index contributed by atoms with van der Waals surface area (Å²) in [5, 5.41) is 10.1. The molecular formula is C22H31NO3. The minimum atomic E-state index is -0.926. The van der Waals surface area contributed by atoms with E-state index in [1.165, 1.54) is 0 Å². The van der Waals surface area contributed by atoms with Gasteiger partial charge in [-0.15, -0.1) is 0 Å². The van der Waals surface area contributed by atoms with Gasteiger partial charge in [-0.1, -0.05) is 79.8 Å². The van der Waals surface area contributed by atoms with Crippen molar-refractivity contribution in [1.82, 2.24) is 0 Å². The summed E-state index contributed by atoms with van der Waals surface area (Å²) < 4.78 is 0. The molecule has 4 nitrogen and oxygen atoms in total. The molecule has 1 amide bonds. The third kappa shape index (κ3) is 17.9. The Hall–Kier alpha value is -2.49. The van der Waals surface area contributed by atoms with Gasteiger partial charge in [0.2, 0.25) is 0 Å². The molecule has 0 saturated heterocycles. The van der Waals surface area contributed by atoms with Crippen LogP contribution in [-0.2, 0) is 4.79 Å². The summed E-state index contributed by atoms with van der Waals surface area (Å²) in [5.74, 6) is -0.926. The highest BCUT2D eigenvalue weighted by Crippen LogP contribution is 1.98. The fourth-order valence-corrected chi connectivity index (χ4v) is 1.94. The molecule has 0 aromatic carbocycles. The Kier molecular flexibility index (Phi) is 17.0. The van der Waals surface area contributed by atoms with Crippen molar-refractivity contribution in [2.75, 3.05) is 0 Å². The number of hydrogen-bond acceptors (Lipinski definition) is 3. The van der Waals surface area contributed by atoms with E-state index in [9.17, 15) is 14.9 Å². The molecule has 0 aliphatic rings. The number of allylic oxidation sites excluding steroid dienone is 12. The van der Waals surface area contributed by atoms with Crippen LogP contribution in [-0.4, -0.2) is 10.8 Å². The minimum Gasteiger partial charge on any atom is -0.256 e. The highest BCUT2D eigenvalue weighted by atomic mass is 16.6. The van der Waals surface area contributed by atoms with Crippen molar-refractivity contribution < 1.29 is 9.72 Å². The van der Waals surface area contributed by atoms with E-state index in [-0.39, 0.29) is 6.42 Å². The Morgan fingerprint density at radius 3 is 1.38 bits per heavy atom. The third-order valence-electron chi connectivity index (χ3n) is 3.33. The molecule has 0 fully saturated rings. The van der Waals surface area contributed by atoms with Gasteiger partial charge in [0.05, 0.1) is 6.42 Å². The average molecular weight is 357 g/mol. The molecule has 0 unspecified atom stereocenters. The Morgan fingerprint density at radius 2 is 1.04 bits per heavy atom. The Balaban J connectivity index is 3.58. The predicted octanol–water partition coefficient (Wildman–Crippen LogP) is 6.27. The first-order chi connectivity index (χ1) is 12.7. The molecule has 26 heavy (non-hydrogen) atoms. The first-order valence-corrected chi connectivity index (χ1v) is 9.25. The number of amides is 1. The van der Waals surface area contributed by atoms with Gasteiger partial charge in [0.25, 0.3) is 0 Å². The second kappa shape index (κ2) is 18.8. The van der Waals surface area contributed by atoms with Gasteiger partial charge in [-0.3, -0.25) is 10.1 Å². The van der Waals surface area contributed by atoms with Crippen molar-refractivity contribution in [3.05, 3.63) is 83.0 Å². The van der Waals surface area contributed by atoms with Crippen LogP contribution < -0.4 is 0 Å². The van der Waals surface area contributed by atoms with Crippen LogP contribution in [0.2, 0.25) is 0 Å². The Bertz CT molecular complexity index is 552. The van der Waals surface area contributed by atoms with Crippen LogP contribution >= 0.6 is 0 Å². The monoisotopic (exact) mass is 357 g/mol. The summed E-state index contributed by atoms with van der Waals surface area (Å²) in [6, 6.07) is 0. The SMILES string of the molecule is CC/C=C/C/C=C/C/C=C/C/C=C/C/C=C/C/C=C/CCC(=O)[N+](=O)[O-]. The van der Waals surface area contributed by atoms with Crippen molar-refractivity contribution in [1.29, 1.82) is 0 Å². The molecule has 0 atom stereocenters. The zero-order valence-electron chi connectivity index (χ0n) is 15.8. The molecule has 0 bridgehead atoms. The largest absolute Gasteiger partial charge is 0.444 e. The van der Waals surface area contributed by atoms with Gasteiger partial charge >= 0.3 is 5.91 Å². The molecule has 0 aliphatic carbocycles. The van der Waals surface area contributed by atoms with Gasteiger partial charge < -0.3 is 0 Å². The van der Waals surface area contributed by atoms with E-state index in [0.717, 1.165) is 38.5 Å². The van der Waals surface area contributed by atoms with Crippen LogP contribution in [0.5, 0.6) is 0 Å². The number of rotatable bonds is 14. The lowest BCUT2D eigenvalue weighted by Gasteiger charge is -1.87. The zero-order valence-corrected chi connectivity index (χ0v) is 15.8. The van der Waals surface area contributed by atoms with Gasteiger partial charge in [0.15, 0.2) is 0 Å². The molecule has 4 heteroatoms. The van der Waals surface area contributed by atoms with Crippen LogP contribution in [0.25, 0.3) is 0 Å². The van der Waals surface area contributed by atoms with Crippen molar-refractivity contribution in [3.8, 4) is 0 Å². The standard InChI is InChI=1S/C22H31NO3/c1-2-3-4-5-6-7-8-9-10-11-12-13-14-15-16-17-18-19-20-21-22(24)23(25)26/h3-4,6-7,9-10,12-13,15-16,18-19H,2,5,8,11,14,17,20-21H2,1H3/b4-3+,7-6+,10-9+,13-12+,16-15+,19-18+. The normalized spacial score (nSPS) is 12.8. The molecule has 0 aromatic rings. The number of nitrogens with zero attached hydrogens (tertiary/aromatic N) is 1. The minimum absolute atomic E-state index is 0.0326. The summed E-state index contributed by atoms with van der Waals surface area (Å²) in [4.78, 5) is 20.0. The Morgan fingerprint density at radius 1 is 0.692 bits per heavy atom. The van der Waals surface area contributed by atoms with E-state index in [0.29, 0.717) is 6.42 Å². The van der Waals surface area contributed by atoms with Crippen LogP contribution in [0.1, 0.15) is 58.3 Å². The van der Waals surface area contributed by atoms with Gasteiger partial charge in [0.1, 0.15) is 4.92 Å². The maximum absolute atomic E-state index is 10.8. The zero-order chi connectivity index (χ0) is 19.3. The van der Waals surface area contributed by atoms with E-state index in [1.54, 1.807) is 6.08 Å². The van der Waals surface area contributed by atoms with E-state index in [2.05, 4.69) is 61.6 Å². The van der Waals surface area contributed by atoms with Crippen molar-refractivity contribution in [3.63, 3.8) is 0 Å². The van der Waals surface area contributed by atoms with Crippen molar-refractivity contribution >= 4 is 5.91 Å². The lowest BCUT2D eigenvalue weighted by molar-refractivity contribution is -0.402. The fourth-order valence-electron chi connectivity index (χ4n) is 1.94. The number of nitro groups is 1. The van der Waals surface area contributed by atoms with Gasteiger partial charge in [-0.05, 0) is 44.9 Å². The summed E-state index contributed by atoms with van der Waals surface area (Å²) in [6.45, 7) is 2.14. The third-order valence-corrected chi connectivity index (χ3v) is 3.33. The molecule has 0 rings (SSSR count). The molecular weight excluding hydrogens is 326 g/mol. The van der Waals surface area contributed by atoms with Crippen LogP contribution in [0.3, 0.4) is 0 Å². The van der Waals surface area contributed by atoms with E-state index >= 15 is 0 Å². The topological polar surface area (TPSA) is 60.2 Å². The number of carbonyl (C=O) groups is 1. The molecule has 0 aliphatic heterocycles. The number of hydrogen-bond donors (Lipinski definition) is 0. The molecule has 0 saturated carbocycles. The summed E-state index contributed by atoms with van der Waals surface area (Å²) in [5.41, 5.74) is 0. The summed E-state index contributed by atoms with van der Waals surface area (Å²) >= 11 is 0. The quantitative estimate of drug-likeness (QED) is 0.209.